The van der Waals surface area contributed by atoms with Crippen molar-refractivity contribution in [2.45, 2.75) is 6.92 Å². The number of aromatic nitrogens is 2. The van der Waals surface area contributed by atoms with E-state index in [9.17, 15) is 9.90 Å². The summed E-state index contributed by atoms with van der Waals surface area (Å²) in [6.07, 6.45) is 5.66. The van der Waals surface area contributed by atoms with Crippen LogP contribution in [-0.2, 0) is 0 Å². The highest BCUT2D eigenvalue weighted by Crippen LogP contribution is 2.25. The van der Waals surface area contributed by atoms with Crippen LogP contribution in [0.15, 0.2) is 72.8 Å². The molecule has 9 heteroatoms. The average Bonchev–Trinajstić information content (AvgIpc) is 3.49. The number of imidazole rings is 1. The number of anilines is 2. The van der Waals surface area contributed by atoms with Crippen molar-refractivity contribution in [1.82, 2.24) is 19.8 Å². The molecule has 0 atom stereocenters. The Morgan fingerprint density at radius 3 is 2.84 bits per heavy atom. The number of rotatable bonds is 5. The summed E-state index contributed by atoms with van der Waals surface area (Å²) >= 11 is 0. The fourth-order valence-electron chi connectivity index (χ4n) is 3.99. The number of nitrogens with zero attached hydrogens (tertiary/aromatic N) is 3. The fraction of sp³-hybridized carbons (Fsp3) is 0.143. The first kappa shape index (κ1) is 23.8. The van der Waals surface area contributed by atoms with E-state index >= 15 is 0 Å². The largest absolute Gasteiger partial charge is 0.508 e. The number of hydrazine groups is 1. The predicted octanol–water partition coefficient (Wildman–Crippen LogP) is 3.71. The van der Waals surface area contributed by atoms with Crippen LogP contribution in [0.3, 0.4) is 0 Å². The normalized spacial score (nSPS) is 12.6. The minimum atomic E-state index is -0.317. The van der Waals surface area contributed by atoms with Crippen LogP contribution in [0.25, 0.3) is 5.65 Å². The molecule has 0 unspecified atom stereocenters. The first-order chi connectivity index (χ1) is 17.9. The highest BCUT2D eigenvalue weighted by Gasteiger charge is 2.12. The lowest BCUT2D eigenvalue weighted by atomic mass is 10.0. The molecule has 2 aromatic carbocycles. The number of methoxy groups -OCH3 is 1. The van der Waals surface area contributed by atoms with E-state index in [1.807, 2.05) is 54.0 Å². The smallest absolute Gasteiger partial charge is 0.255 e. The molecule has 37 heavy (non-hydrogen) atoms. The van der Waals surface area contributed by atoms with Crippen LogP contribution in [0.1, 0.15) is 27.2 Å². The second kappa shape index (κ2) is 9.97. The third kappa shape index (κ3) is 5.19. The van der Waals surface area contributed by atoms with Gasteiger partial charge in [-0.1, -0.05) is 12.0 Å². The van der Waals surface area contributed by atoms with E-state index in [0.717, 1.165) is 33.9 Å². The zero-order chi connectivity index (χ0) is 25.9. The molecule has 1 amide bonds. The molecule has 0 radical (unpaired) electrons. The van der Waals surface area contributed by atoms with Gasteiger partial charge in [0.2, 0.25) is 0 Å². The molecule has 1 aliphatic heterocycles. The van der Waals surface area contributed by atoms with Crippen molar-refractivity contribution in [1.29, 1.82) is 0 Å². The first-order valence-corrected chi connectivity index (χ1v) is 11.6. The minimum Gasteiger partial charge on any atom is -0.508 e. The number of aromatic hydroxyl groups is 1. The third-order valence-corrected chi connectivity index (χ3v) is 5.91. The zero-order valence-corrected chi connectivity index (χ0v) is 20.7. The number of carbonyl (C=O) groups is 1. The molecule has 186 valence electrons. The summed E-state index contributed by atoms with van der Waals surface area (Å²) in [5.74, 6) is 6.52. The van der Waals surface area contributed by atoms with Crippen molar-refractivity contribution in [2.24, 2.45) is 0 Å². The van der Waals surface area contributed by atoms with Crippen LogP contribution in [0.4, 0.5) is 11.4 Å². The van der Waals surface area contributed by atoms with Gasteiger partial charge in [0.05, 0.1) is 25.5 Å². The summed E-state index contributed by atoms with van der Waals surface area (Å²) in [5.41, 5.74) is 9.20. The number of aryl methyl sites for hydroxylation is 1. The van der Waals surface area contributed by atoms with Crippen molar-refractivity contribution in [3.8, 4) is 23.3 Å². The van der Waals surface area contributed by atoms with Gasteiger partial charge in [0.1, 0.15) is 17.2 Å². The SMILES string of the molecule is COc1cc(O)cc(NC(=O)c2ccc(C)c(C#Cc3cnc4c(NC5=CN(C)NC5)cccn34)c2)c1. The number of phenolic OH excluding ortho intramolecular Hbond substituents is 1. The second-order valence-electron chi connectivity index (χ2n) is 8.64. The van der Waals surface area contributed by atoms with Gasteiger partial charge >= 0.3 is 0 Å². The third-order valence-electron chi connectivity index (χ3n) is 5.91. The first-order valence-electron chi connectivity index (χ1n) is 11.6. The number of pyridine rings is 1. The Morgan fingerprint density at radius 2 is 2.05 bits per heavy atom. The Labute approximate surface area is 214 Å². The number of phenols is 1. The predicted molar refractivity (Wildman–Crippen MR) is 142 cm³/mol. The van der Waals surface area contributed by atoms with Gasteiger partial charge in [-0.05, 0) is 42.7 Å². The fourth-order valence-corrected chi connectivity index (χ4v) is 3.99. The van der Waals surface area contributed by atoms with Crippen LogP contribution in [0, 0.1) is 18.8 Å². The van der Waals surface area contributed by atoms with E-state index in [-0.39, 0.29) is 11.7 Å². The molecule has 5 rings (SSSR count). The number of amides is 1. The summed E-state index contributed by atoms with van der Waals surface area (Å²) in [7, 11) is 3.44. The number of ether oxygens (including phenoxy) is 1. The number of hydrogen-bond acceptors (Lipinski definition) is 7. The lowest BCUT2D eigenvalue weighted by molar-refractivity contribution is 0.102. The maximum absolute atomic E-state index is 12.9. The summed E-state index contributed by atoms with van der Waals surface area (Å²) < 4.78 is 7.09. The molecule has 4 N–H and O–H groups in total. The van der Waals surface area contributed by atoms with Crippen molar-refractivity contribution in [3.63, 3.8) is 0 Å². The van der Waals surface area contributed by atoms with Crippen LogP contribution in [0.2, 0.25) is 0 Å². The standard InChI is InChI=1S/C28H26N6O3/c1-18-6-7-20(28(36)32-21-12-24(35)14-25(13-21)37-3)11-19(18)8-9-23-16-29-27-26(5-4-10-34(23)27)31-22-15-30-33(2)17-22/h4-7,10-14,16-17,30-31,35H,15H2,1-3H3,(H,32,36). The highest BCUT2D eigenvalue weighted by atomic mass is 16.5. The number of benzene rings is 2. The summed E-state index contributed by atoms with van der Waals surface area (Å²) in [6, 6.07) is 13.8. The van der Waals surface area contributed by atoms with Crippen molar-refractivity contribution in [3.05, 3.63) is 95.2 Å². The summed E-state index contributed by atoms with van der Waals surface area (Å²) in [6.45, 7) is 2.66. The molecule has 0 spiro atoms. The molecule has 0 bridgehead atoms. The van der Waals surface area contributed by atoms with Crippen molar-refractivity contribution < 1.29 is 14.6 Å². The van der Waals surface area contributed by atoms with Gasteiger partial charge in [0.25, 0.3) is 5.91 Å². The molecule has 1 aliphatic rings. The molecule has 9 nitrogen and oxygen atoms in total. The molecular formula is C28H26N6O3. The molecule has 2 aromatic heterocycles. The zero-order valence-electron chi connectivity index (χ0n) is 20.7. The van der Waals surface area contributed by atoms with Gasteiger partial charge < -0.3 is 25.5 Å². The maximum atomic E-state index is 12.9. The molecule has 4 aromatic rings. The van der Waals surface area contributed by atoms with Gasteiger partial charge in [0.15, 0.2) is 5.65 Å². The lowest BCUT2D eigenvalue weighted by Crippen LogP contribution is -2.24. The lowest BCUT2D eigenvalue weighted by Gasteiger charge is -2.09. The molecular weight excluding hydrogens is 468 g/mol. The van der Waals surface area contributed by atoms with Crippen LogP contribution in [-0.4, -0.2) is 46.1 Å². The topological polar surface area (TPSA) is 103 Å². The number of carbonyl (C=O) groups excluding carboxylic acids is 1. The van der Waals surface area contributed by atoms with Gasteiger partial charge in [-0.3, -0.25) is 9.20 Å². The average molecular weight is 495 g/mol. The van der Waals surface area contributed by atoms with Gasteiger partial charge in [0, 0.05) is 60.2 Å². The number of fused-ring (bicyclic) bond motifs is 1. The van der Waals surface area contributed by atoms with Crippen LogP contribution in [0.5, 0.6) is 11.5 Å². The highest BCUT2D eigenvalue weighted by molar-refractivity contribution is 6.04. The van der Waals surface area contributed by atoms with Crippen LogP contribution < -0.4 is 20.8 Å². The summed E-state index contributed by atoms with van der Waals surface area (Å²) in [5, 5.41) is 18.0. The Bertz CT molecular complexity index is 1590. The van der Waals surface area contributed by atoms with E-state index in [1.165, 1.54) is 19.2 Å². The quantitative estimate of drug-likeness (QED) is 0.314. The van der Waals surface area contributed by atoms with E-state index in [2.05, 4.69) is 32.9 Å². The van der Waals surface area contributed by atoms with Crippen LogP contribution >= 0.6 is 0 Å². The van der Waals surface area contributed by atoms with Gasteiger partial charge in [-0.2, -0.15) is 0 Å². The number of hydrogen-bond donors (Lipinski definition) is 4. The Morgan fingerprint density at radius 1 is 1.19 bits per heavy atom. The maximum Gasteiger partial charge on any atom is 0.255 e. The van der Waals surface area contributed by atoms with E-state index in [0.29, 0.717) is 23.5 Å². The Hall–Kier alpha value is -4.94. The Balaban J connectivity index is 1.39. The van der Waals surface area contributed by atoms with Gasteiger partial charge in [-0.25, -0.2) is 10.4 Å². The Kier molecular flexibility index (Phi) is 6.41. The van der Waals surface area contributed by atoms with Crippen molar-refractivity contribution >= 4 is 22.9 Å². The molecule has 3 heterocycles. The van der Waals surface area contributed by atoms with Gasteiger partial charge in [-0.15, -0.1) is 0 Å². The second-order valence-corrected chi connectivity index (χ2v) is 8.64. The molecule has 0 saturated heterocycles. The summed E-state index contributed by atoms with van der Waals surface area (Å²) in [4.78, 5) is 17.5. The van der Waals surface area contributed by atoms with E-state index < -0.39 is 0 Å². The monoisotopic (exact) mass is 494 g/mol. The molecule has 0 saturated carbocycles. The van der Waals surface area contributed by atoms with E-state index in [1.54, 1.807) is 24.4 Å². The molecule has 0 fully saturated rings. The minimum absolute atomic E-state index is 0.000438. The van der Waals surface area contributed by atoms with E-state index in [4.69, 9.17) is 4.74 Å². The number of nitrogens with one attached hydrogen (secondary N) is 3. The molecule has 0 aliphatic carbocycles. The van der Waals surface area contributed by atoms with Crippen molar-refractivity contribution in [2.75, 3.05) is 31.3 Å².